The fraction of sp³-hybridized carbons (Fsp3) is 0.533. The van der Waals surface area contributed by atoms with Crippen LogP contribution in [0.4, 0.5) is 14.9 Å². The molecule has 0 radical (unpaired) electrons. The number of nitrogens with one attached hydrogen (secondary N) is 2. The predicted octanol–water partition coefficient (Wildman–Crippen LogP) is 3.98. The van der Waals surface area contributed by atoms with Crippen LogP contribution in [0, 0.1) is 12.7 Å². The van der Waals surface area contributed by atoms with Gasteiger partial charge in [0.2, 0.25) is 0 Å². The van der Waals surface area contributed by atoms with Crippen LogP contribution in [-0.2, 0) is 0 Å². The van der Waals surface area contributed by atoms with Crippen LogP contribution in [0.25, 0.3) is 0 Å². The molecule has 2 rings (SSSR count). The number of hydrogen-bond donors (Lipinski definition) is 2. The number of rotatable bonds is 2. The van der Waals surface area contributed by atoms with Crippen molar-refractivity contribution in [3.8, 4) is 0 Å². The fourth-order valence-corrected chi connectivity index (χ4v) is 2.50. The van der Waals surface area contributed by atoms with E-state index < -0.39 is 0 Å². The Kier molecular flexibility index (Phi) is 4.77. The van der Waals surface area contributed by atoms with E-state index in [0.29, 0.717) is 5.69 Å². The lowest BCUT2D eigenvalue weighted by atomic mass is 10.1. The Morgan fingerprint density at radius 3 is 2.58 bits per heavy atom. The fourth-order valence-electron chi connectivity index (χ4n) is 2.50. The molecule has 19 heavy (non-hydrogen) atoms. The number of benzene rings is 1. The molecule has 1 aromatic carbocycles. The smallest absolute Gasteiger partial charge is 0.319 e. The van der Waals surface area contributed by atoms with Gasteiger partial charge in [0.05, 0.1) is 0 Å². The topological polar surface area (TPSA) is 41.1 Å². The van der Waals surface area contributed by atoms with Gasteiger partial charge in [0.15, 0.2) is 0 Å². The van der Waals surface area contributed by atoms with Crippen LogP contribution in [0.2, 0.25) is 0 Å². The van der Waals surface area contributed by atoms with Crippen molar-refractivity contribution in [3.63, 3.8) is 0 Å². The van der Waals surface area contributed by atoms with Crippen molar-refractivity contribution in [1.29, 1.82) is 0 Å². The Bertz CT molecular complexity index is 440. The van der Waals surface area contributed by atoms with Crippen molar-refractivity contribution in [2.75, 3.05) is 5.32 Å². The summed E-state index contributed by atoms with van der Waals surface area (Å²) in [6.45, 7) is 1.85. The van der Waals surface area contributed by atoms with Gasteiger partial charge in [-0.3, -0.25) is 0 Å². The summed E-state index contributed by atoms with van der Waals surface area (Å²) in [6.07, 6.45) is 6.92. The number of halogens is 1. The molecule has 0 atom stereocenters. The minimum atomic E-state index is -0.338. The second-order valence-corrected chi connectivity index (χ2v) is 5.25. The summed E-state index contributed by atoms with van der Waals surface area (Å²) in [4.78, 5) is 11.9. The Labute approximate surface area is 113 Å². The Morgan fingerprint density at radius 1 is 1.21 bits per heavy atom. The van der Waals surface area contributed by atoms with Crippen molar-refractivity contribution in [2.45, 2.75) is 51.5 Å². The standard InChI is InChI=1S/C15H21FN2O/c1-11-8-9-12(16)10-14(11)18-15(19)17-13-6-4-2-3-5-7-13/h8-10,13H,2-7H2,1H3,(H2,17,18,19). The molecule has 0 spiro atoms. The molecule has 3 nitrogen and oxygen atoms in total. The zero-order valence-corrected chi connectivity index (χ0v) is 11.3. The first kappa shape index (κ1) is 13.8. The van der Waals surface area contributed by atoms with Crippen molar-refractivity contribution >= 4 is 11.7 Å². The SMILES string of the molecule is Cc1ccc(F)cc1NC(=O)NC1CCCCCC1. The van der Waals surface area contributed by atoms with E-state index >= 15 is 0 Å². The molecule has 1 aromatic rings. The zero-order valence-electron chi connectivity index (χ0n) is 11.3. The normalized spacial score (nSPS) is 16.7. The number of amides is 2. The maximum atomic E-state index is 13.1. The van der Waals surface area contributed by atoms with Gasteiger partial charge in [0.25, 0.3) is 0 Å². The first-order valence-corrected chi connectivity index (χ1v) is 6.99. The van der Waals surface area contributed by atoms with Gasteiger partial charge in [-0.2, -0.15) is 0 Å². The van der Waals surface area contributed by atoms with Crippen LogP contribution in [0.5, 0.6) is 0 Å². The number of hydrogen-bond acceptors (Lipinski definition) is 1. The summed E-state index contributed by atoms with van der Waals surface area (Å²) >= 11 is 0. The number of urea groups is 1. The van der Waals surface area contributed by atoms with Crippen molar-refractivity contribution in [2.24, 2.45) is 0 Å². The lowest BCUT2D eigenvalue weighted by Crippen LogP contribution is -2.37. The van der Waals surface area contributed by atoms with Gasteiger partial charge >= 0.3 is 6.03 Å². The highest BCUT2D eigenvalue weighted by Crippen LogP contribution is 2.18. The second kappa shape index (κ2) is 6.55. The molecule has 2 amide bonds. The van der Waals surface area contributed by atoms with Gasteiger partial charge in [-0.05, 0) is 37.5 Å². The van der Waals surface area contributed by atoms with Crippen LogP contribution in [0.3, 0.4) is 0 Å². The van der Waals surface area contributed by atoms with E-state index in [1.54, 1.807) is 6.07 Å². The predicted molar refractivity (Wildman–Crippen MR) is 74.8 cm³/mol. The molecular formula is C15H21FN2O. The lowest BCUT2D eigenvalue weighted by molar-refractivity contribution is 0.247. The number of aryl methyl sites for hydroxylation is 1. The van der Waals surface area contributed by atoms with Gasteiger partial charge in [-0.1, -0.05) is 31.7 Å². The first-order valence-electron chi connectivity index (χ1n) is 6.99. The molecule has 0 heterocycles. The minimum absolute atomic E-state index is 0.236. The number of anilines is 1. The molecule has 0 bridgehead atoms. The molecule has 1 saturated carbocycles. The molecule has 0 aromatic heterocycles. The molecule has 4 heteroatoms. The van der Waals surface area contributed by atoms with E-state index in [2.05, 4.69) is 10.6 Å². The second-order valence-electron chi connectivity index (χ2n) is 5.25. The summed E-state index contributed by atoms with van der Waals surface area (Å²) in [5.74, 6) is -0.338. The van der Waals surface area contributed by atoms with E-state index in [1.807, 2.05) is 6.92 Å². The van der Waals surface area contributed by atoms with Crippen LogP contribution >= 0.6 is 0 Å². The Balaban J connectivity index is 1.91. The van der Waals surface area contributed by atoms with Crippen molar-refractivity contribution < 1.29 is 9.18 Å². The van der Waals surface area contributed by atoms with Gasteiger partial charge in [0, 0.05) is 11.7 Å². The van der Waals surface area contributed by atoms with E-state index in [0.717, 1.165) is 18.4 Å². The van der Waals surface area contributed by atoms with Crippen LogP contribution in [-0.4, -0.2) is 12.1 Å². The van der Waals surface area contributed by atoms with E-state index in [1.165, 1.54) is 37.8 Å². The van der Waals surface area contributed by atoms with Crippen LogP contribution in [0.15, 0.2) is 18.2 Å². The quantitative estimate of drug-likeness (QED) is 0.779. The lowest BCUT2D eigenvalue weighted by Gasteiger charge is -2.17. The zero-order chi connectivity index (χ0) is 13.7. The van der Waals surface area contributed by atoms with Gasteiger partial charge < -0.3 is 10.6 Å². The van der Waals surface area contributed by atoms with Crippen LogP contribution < -0.4 is 10.6 Å². The monoisotopic (exact) mass is 264 g/mol. The minimum Gasteiger partial charge on any atom is -0.335 e. The number of carbonyl (C=O) groups is 1. The molecule has 0 saturated heterocycles. The first-order chi connectivity index (χ1) is 9.15. The average molecular weight is 264 g/mol. The summed E-state index contributed by atoms with van der Waals surface area (Å²) in [7, 11) is 0. The maximum Gasteiger partial charge on any atom is 0.319 e. The molecule has 1 fully saturated rings. The third-order valence-electron chi connectivity index (χ3n) is 3.64. The molecule has 104 valence electrons. The van der Waals surface area contributed by atoms with Gasteiger partial charge in [0.1, 0.15) is 5.82 Å². The molecule has 1 aliphatic rings. The third kappa shape index (κ3) is 4.23. The molecular weight excluding hydrogens is 243 g/mol. The molecule has 2 N–H and O–H groups in total. The van der Waals surface area contributed by atoms with Crippen LogP contribution in [0.1, 0.15) is 44.1 Å². The highest BCUT2D eigenvalue weighted by molar-refractivity contribution is 5.90. The highest BCUT2D eigenvalue weighted by atomic mass is 19.1. The largest absolute Gasteiger partial charge is 0.335 e. The van der Waals surface area contributed by atoms with Gasteiger partial charge in [-0.25, -0.2) is 9.18 Å². The third-order valence-corrected chi connectivity index (χ3v) is 3.64. The van der Waals surface area contributed by atoms with E-state index in [9.17, 15) is 9.18 Å². The Hall–Kier alpha value is -1.58. The van der Waals surface area contributed by atoms with E-state index in [-0.39, 0.29) is 17.9 Å². The molecule has 0 aliphatic heterocycles. The summed E-state index contributed by atoms with van der Waals surface area (Å²) in [6, 6.07) is 4.42. The van der Waals surface area contributed by atoms with Crippen molar-refractivity contribution in [1.82, 2.24) is 5.32 Å². The highest BCUT2D eigenvalue weighted by Gasteiger charge is 2.15. The van der Waals surface area contributed by atoms with Crippen molar-refractivity contribution in [3.05, 3.63) is 29.6 Å². The average Bonchev–Trinajstić information content (AvgIpc) is 2.62. The molecule has 0 unspecified atom stereocenters. The number of carbonyl (C=O) groups excluding carboxylic acids is 1. The molecule has 1 aliphatic carbocycles. The summed E-state index contributed by atoms with van der Waals surface area (Å²) in [5.41, 5.74) is 1.39. The maximum absolute atomic E-state index is 13.1. The summed E-state index contributed by atoms with van der Waals surface area (Å²) < 4.78 is 13.1. The Morgan fingerprint density at radius 2 is 1.89 bits per heavy atom. The van der Waals surface area contributed by atoms with E-state index in [4.69, 9.17) is 0 Å². The summed E-state index contributed by atoms with van der Waals surface area (Å²) in [5, 5.41) is 5.71. The van der Waals surface area contributed by atoms with Gasteiger partial charge in [-0.15, -0.1) is 0 Å².